The van der Waals surface area contributed by atoms with E-state index in [0.717, 1.165) is 0 Å². The number of amides is 1. The van der Waals surface area contributed by atoms with Gasteiger partial charge in [0.15, 0.2) is 11.5 Å². The highest BCUT2D eigenvalue weighted by Gasteiger charge is 2.25. The van der Waals surface area contributed by atoms with E-state index in [1.165, 1.54) is 14.2 Å². The number of carbonyl (C=O) groups excluding carboxylic acids is 1. The third-order valence-corrected chi connectivity index (χ3v) is 5.09. The minimum absolute atomic E-state index is 0.0560. The number of carboxylic acids is 1. The number of rotatable bonds is 8. The Hall–Kier alpha value is -4.01. The van der Waals surface area contributed by atoms with Crippen molar-refractivity contribution in [3.05, 3.63) is 53.2 Å². The SMILES string of the molecule is COc1ccc(C(=O)NC(C)(C)COc2cccc3nc(C)c(C(=O)O)c(N)c23)cc1OC. The van der Waals surface area contributed by atoms with Crippen molar-refractivity contribution < 1.29 is 28.9 Å². The second-order valence-corrected chi connectivity index (χ2v) is 8.14. The fourth-order valence-electron chi connectivity index (χ4n) is 3.48. The number of hydrogen-bond donors (Lipinski definition) is 3. The van der Waals surface area contributed by atoms with Crippen molar-refractivity contribution in [3.63, 3.8) is 0 Å². The van der Waals surface area contributed by atoms with Crippen molar-refractivity contribution in [2.24, 2.45) is 0 Å². The van der Waals surface area contributed by atoms with Gasteiger partial charge in [0.2, 0.25) is 0 Å². The minimum atomic E-state index is -1.16. The van der Waals surface area contributed by atoms with Gasteiger partial charge in [0.1, 0.15) is 17.9 Å². The second kappa shape index (κ2) is 9.23. The van der Waals surface area contributed by atoms with E-state index in [2.05, 4.69) is 10.3 Å². The van der Waals surface area contributed by atoms with Crippen LogP contribution in [0, 0.1) is 6.92 Å². The number of ether oxygens (including phenoxy) is 3. The van der Waals surface area contributed by atoms with Gasteiger partial charge < -0.3 is 30.4 Å². The van der Waals surface area contributed by atoms with Crippen molar-refractivity contribution in [1.82, 2.24) is 10.3 Å². The molecule has 3 rings (SSSR count). The van der Waals surface area contributed by atoms with E-state index in [-0.39, 0.29) is 23.8 Å². The molecule has 0 aliphatic rings. The Balaban J connectivity index is 1.82. The van der Waals surface area contributed by atoms with Crippen LogP contribution in [0.25, 0.3) is 10.9 Å². The number of methoxy groups -OCH3 is 2. The number of carboxylic acid groups (broad SMARTS) is 1. The highest BCUT2D eigenvalue weighted by molar-refractivity contribution is 6.06. The van der Waals surface area contributed by atoms with Crippen LogP contribution in [0.15, 0.2) is 36.4 Å². The lowest BCUT2D eigenvalue weighted by Gasteiger charge is -2.27. The Bertz CT molecular complexity index is 1220. The molecule has 0 saturated carbocycles. The Morgan fingerprint density at radius 1 is 1.09 bits per heavy atom. The summed E-state index contributed by atoms with van der Waals surface area (Å²) in [5.74, 6) is -0.116. The maximum absolute atomic E-state index is 12.8. The molecule has 3 aromatic rings. The molecule has 0 unspecified atom stereocenters. The number of nitrogen functional groups attached to an aromatic ring is 1. The summed E-state index contributed by atoms with van der Waals surface area (Å²) in [6.45, 7) is 5.32. The first-order valence-electron chi connectivity index (χ1n) is 10.2. The molecule has 33 heavy (non-hydrogen) atoms. The highest BCUT2D eigenvalue weighted by Crippen LogP contribution is 2.34. The predicted octanol–water partition coefficient (Wildman–Crippen LogP) is 3.43. The summed E-state index contributed by atoms with van der Waals surface area (Å²) in [5, 5.41) is 12.9. The monoisotopic (exact) mass is 453 g/mol. The van der Waals surface area contributed by atoms with Crippen LogP contribution in [0.3, 0.4) is 0 Å². The maximum Gasteiger partial charge on any atom is 0.339 e. The molecule has 1 heterocycles. The topological polar surface area (TPSA) is 133 Å². The number of pyridine rings is 1. The van der Waals surface area contributed by atoms with E-state index in [1.807, 2.05) is 13.8 Å². The van der Waals surface area contributed by atoms with Gasteiger partial charge in [-0.25, -0.2) is 4.79 Å². The van der Waals surface area contributed by atoms with Gasteiger partial charge in [0, 0.05) is 5.56 Å². The molecule has 0 bridgehead atoms. The number of aryl methyl sites for hydroxylation is 1. The molecular weight excluding hydrogens is 426 g/mol. The van der Waals surface area contributed by atoms with Gasteiger partial charge in [0.25, 0.3) is 5.91 Å². The van der Waals surface area contributed by atoms with Crippen LogP contribution in [0.4, 0.5) is 5.69 Å². The molecule has 4 N–H and O–H groups in total. The molecule has 174 valence electrons. The largest absolute Gasteiger partial charge is 0.493 e. The summed E-state index contributed by atoms with van der Waals surface area (Å²) in [4.78, 5) is 28.8. The van der Waals surface area contributed by atoms with Gasteiger partial charge in [-0.1, -0.05) is 6.07 Å². The molecule has 1 amide bonds. The number of nitrogens with two attached hydrogens (primary N) is 1. The summed E-state index contributed by atoms with van der Waals surface area (Å²) < 4.78 is 16.5. The molecule has 0 fully saturated rings. The van der Waals surface area contributed by atoms with Gasteiger partial charge in [-0.15, -0.1) is 0 Å². The summed E-state index contributed by atoms with van der Waals surface area (Å²) in [6, 6.07) is 10.1. The average molecular weight is 453 g/mol. The molecule has 0 spiro atoms. The molecule has 9 heteroatoms. The third-order valence-electron chi connectivity index (χ3n) is 5.09. The molecule has 9 nitrogen and oxygen atoms in total. The fraction of sp³-hybridized carbons (Fsp3) is 0.292. The standard InChI is InChI=1S/C24H27N3O6/c1-13-19(23(29)30)21(25)20-15(26-13)7-6-8-17(20)33-12-24(2,3)27-22(28)14-9-10-16(31-4)18(11-14)32-5/h6-11H,12H2,1-5H3,(H2,25,26)(H,27,28)(H,29,30). The summed E-state index contributed by atoms with van der Waals surface area (Å²) in [5.41, 5.74) is 6.70. The maximum atomic E-state index is 12.8. The first kappa shape index (κ1) is 23.6. The van der Waals surface area contributed by atoms with Crippen LogP contribution in [0.2, 0.25) is 0 Å². The van der Waals surface area contributed by atoms with Gasteiger partial charge >= 0.3 is 5.97 Å². The normalized spacial score (nSPS) is 11.2. The Morgan fingerprint density at radius 3 is 2.42 bits per heavy atom. The molecule has 2 aromatic carbocycles. The lowest BCUT2D eigenvalue weighted by Crippen LogP contribution is -2.47. The van der Waals surface area contributed by atoms with E-state index in [0.29, 0.717) is 39.4 Å². The fourth-order valence-corrected chi connectivity index (χ4v) is 3.48. The lowest BCUT2D eigenvalue weighted by molar-refractivity contribution is 0.0696. The van der Waals surface area contributed by atoms with E-state index in [9.17, 15) is 14.7 Å². The number of benzene rings is 2. The number of anilines is 1. The van der Waals surface area contributed by atoms with Gasteiger partial charge in [-0.3, -0.25) is 9.78 Å². The number of nitrogens with zero attached hydrogens (tertiary/aromatic N) is 1. The zero-order valence-electron chi connectivity index (χ0n) is 19.2. The van der Waals surface area contributed by atoms with Crippen molar-refractivity contribution >= 4 is 28.5 Å². The Kier molecular flexibility index (Phi) is 6.62. The Labute approximate surface area is 191 Å². The molecular formula is C24H27N3O6. The first-order chi connectivity index (χ1) is 15.6. The van der Waals surface area contributed by atoms with Crippen LogP contribution in [-0.2, 0) is 0 Å². The van der Waals surface area contributed by atoms with Crippen LogP contribution in [-0.4, -0.2) is 48.3 Å². The van der Waals surface area contributed by atoms with Gasteiger partial charge in [-0.2, -0.15) is 0 Å². The van der Waals surface area contributed by atoms with Crippen LogP contribution >= 0.6 is 0 Å². The number of fused-ring (bicyclic) bond motifs is 1. The second-order valence-electron chi connectivity index (χ2n) is 8.14. The number of nitrogens with one attached hydrogen (secondary N) is 1. The summed E-state index contributed by atoms with van der Waals surface area (Å²) >= 11 is 0. The first-order valence-corrected chi connectivity index (χ1v) is 10.2. The van der Waals surface area contributed by atoms with Crippen LogP contribution in [0.5, 0.6) is 17.2 Å². The van der Waals surface area contributed by atoms with Crippen LogP contribution in [0.1, 0.15) is 40.3 Å². The van der Waals surface area contributed by atoms with Crippen molar-refractivity contribution in [3.8, 4) is 17.2 Å². The van der Waals surface area contributed by atoms with E-state index in [4.69, 9.17) is 19.9 Å². The zero-order valence-corrected chi connectivity index (χ0v) is 19.2. The summed E-state index contributed by atoms with van der Waals surface area (Å²) in [7, 11) is 3.02. The third kappa shape index (κ3) is 4.92. The molecule has 0 aliphatic carbocycles. The molecule has 0 atom stereocenters. The lowest BCUT2D eigenvalue weighted by atomic mass is 10.0. The molecule has 1 aromatic heterocycles. The molecule has 0 aliphatic heterocycles. The molecule has 0 radical (unpaired) electrons. The smallest absolute Gasteiger partial charge is 0.339 e. The molecule has 0 saturated heterocycles. The van der Waals surface area contributed by atoms with E-state index >= 15 is 0 Å². The van der Waals surface area contributed by atoms with Crippen LogP contribution < -0.4 is 25.3 Å². The summed E-state index contributed by atoms with van der Waals surface area (Å²) in [6.07, 6.45) is 0. The average Bonchev–Trinajstić information content (AvgIpc) is 2.76. The quantitative estimate of drug-likeness (QED) is 0.472. The number of hydrogen-bond acceptors (Lipinski definition) is 7. The van der Waals surface area contributed by atoms with E-state index in [1.54, 1.807) is 43.3 Å². The predicted molar refractivity (Wildman–Crippen MR) is 124 cm³/mol. The number of carbonyl (C=O) groups is 2. The number of aromatic carboxylic acids is 1. The van der Waals surface area contributed by atoms with Crippen molar-refractivity contribution in [2.45, 2.75) is 26.3 Å². The minimum Gasteiger partial charge on any atom is -0.493 e. The van der Waals surface area contributed by atoms with Crippen molar-refractivity contribution in [2.75, 3.05) is 26.6 Å². The number of aromatic nitrogens is 1. The highest BCUT2D eigenvalue weighted by atomic mass is 16.5. The van der Waals surface area contributed by atoms with E-state index < -0.39 is 11.5 Å². The van der Waals surface area contributed by atoms with Crippen molar-refractivity contribution in [1.29, 1.82) is 0 Å². The Morgan fingerprint density at radius 2 is 1.79 bits per heavy atom. The zero-order chi connectivity index (χ0) is 24.3. The van der Waals surface area contributed by atoms with Gasteiger partial charge in [0.05, 0.1) is 42.0 Å². The van der Waals surface area contributed by atoms with Gasteiger partial charge in [-0.05, 0) is 51.1 Å².